The SMILES string of the molecule is COc1cc2c(NCC3CC3)c3c(nc2cc1OCc1ccc(=O)[nH]c1)CC(C)C3. The molecule has 0 aliphatic heterocycles. The Morgan fingerprint density at radius 3 is 2.80 bits per heavy atom. The average Bonchev–Trinajstić information content (AvgIpc) is 3.50. The van der Waals surface area contributed by atoms with Gasteiger partial charge in [-0.25, -0.2) is 0 Å². The zero-order valence-corrected chi connectivity index (χ0v) is 17.5. The van der Waals surface area contributed by atoms with Crippen LogP contribution in [-0.2, 0) is 19.4 Å². The van der Waals surface area contributed by atoms with Crippen LogP contribution in [0.5, 0.6) is 11.5 Å². The Labute approximate surface area is 175 Å². The second-order valence-corrected chi connectivity index (χ2v) is 8.62. The first-order valence-electron chi connectivity index (χ1n) is 10.7. The lowest BCUT2D eigenvalue weighted by Gasteiger charge is -2.17. The molecule has 1 unspecified atom stereocenters. The minimum absolute atomic E-state index is 0.124. The molecule has 5 rings (SSSR count). The number of hydrogen-bond donors (Lipinski definition) is 2. The molecule has 2 aromatic heterocycles. The lowest BCUT2D eigenvalue weighted by atomic mass is 10.0. The number of benzene rings is 1. The molecule has 2 N–H and O–H groups in total. The topological polar surface area (TPSA) is 76.2 Å². The van der Waals surface area contributed by atoms with Gasteiger partial charge in [0.1, 0.15) is 6.61 Å². The largest absolute Gasteiger partial charge is 0.493 e. The van der Waals surface area contributed by atoms with E-state index in [1.165, 1.54) is 35.9 Å². The van der Waals surface area contributed by atoms with Gasteiger partial charge in [-0.2, -0.15) is 0 Å². The summed E-state index contributed by atoms with van der Waals surface area (Å²) in [6.07, 6.45) is 6.39. The standard InChI is InChI=1S/C24H27N3O3/c1-14-7-17-19(8-14)27-20-10-22(30-13-16-5-6-23(28)25-12-16)21(29-2)9-18(20)24(17)26-11-15-3-4-15/h5-6,9-10,12,14-15H,3-4,7-8,11,13H2,1-2H3,(H,25,28)(H,26,27). The number of hydrogen-bond acceptors (Lipinski definition) is 5. The van der Waals surface area contributed by atoms with Crippen LogP contribution in [0.15, 0.2) is 35.3 Å². The molecule has 1 fully saturated rings. The molecule has 6 nitrogen and oxygen atoms in total. The molecule has 1 aromatic carbocycles. The van der Waals surface area contributed by atoms with Crippen molar-refractivity contribution in [2.75, 3.05) is 19.0 Å². The third-order valence-corrected chi connectivity index (χ3v) is 6.06. The molecule has 0 spiro atoms. The number of aromatic nitrogens is 2. The third-order valence-electron chi connectivity index (χ3n) is 6.06. The Bertz CT molecular complexity index is 1130. The molecule has 2 aliphatic rings. The van der Waals surface area contributed by atoms with Crippen LogP contribution in [0.25, 0.3) is 10.9 Å². The van der Waals surface area contributed by atoms with Gasteiger partial charge in [-0.1, -0.05) is 6.92 Å². The van der Waals surface area contributed by atoms with Crippen molar-refractivity contribution in [2.24, 2.45) is 11.8 Å². The molecule has 0 amide bonds. The molecule has 0 radical (unpaired) electrons. The van der Waals surface area contributed by atoms with E-state index in [1.807, 2.05) is 12.1 Å². The van der Waals surface area contributed by atoms with E-state index in [1.54, 1.807) is 19.4 Å². The number of nitrogens with one attached hydrogen (secondary N) is 2. The number of ether oxygens (including phenoxy) is 2. The average molecular weight is 405 g/mol. The summed E-state index contributed by atoms with van der Waals surface area (Å²) in [5.41, 5.74) is 5.47. The molecule has 156 valence electrons. The number of fused-ring (bicyclic) bond motifs is 2. The van der Waals surface area contributed by atoms with Crippen LogP contribution in [0.3, 0.4) is 0 Å². The van der Waals surface area contributed by atoms with Crippen molar-refractivity contribution >= 4 is 16.6 Å². The van der Waals surface area contributed by atoms with Crippen LogP contribution in [-0.4, -0.2) is 23.6 Å². The zero-order chi connectivity index (χ0) is 20.7. The van der Waals surface area contributed by atoms with Crippen LogP contribution in [0.1, 0.15) is 36.6 Å². The summed E-state index contributed by atoms with van der Waals surface area (Å²) in [5.74, 6) is 2.75. The number of H-pyrrole nitrogens is 1. The third kappa shape index (κ3) is 3.74. The first-order chi connectivity index (χ1) is 14.6. The molecule has 1 atom stereocenters. The minimum atomic E-state index is -0.124. The van der Waals surface area contributed by atoms with Gasteiger partial charge >= 0.3 is 0 Å². The highest BCUT2D eigenvalue weighted by molar-refractivity contribution is 5.96. The van der Waals surface area contributed by atoms with E-state index < -0.39 is 0 Å². The molecular weight excluding hydrogens is 378 g/mol. The molecule has 2 heterocycles. The van der Waals surface area contributed by atoms with Gasteiger partial charge in [0, 0.05) is 47.2 Å². The number of anilines is 1. The Hall–Kier alpha value is -3.02. The fraction of sp³-hybridized carbons (Fsp3) is 0.417. The first-order valence-corrected chi connectivity index (χ1v) is 10.7. The molecule has 30 heavy (non-hydrogen) atoms. The normalized spacial score (nSPS) is 17.7. The predicted molar refractivity (Wildman–Crippen MR) is 117 cm³/mol. The molecule has 2 aliphatic carbocycles. The van der Waals surface area contributed by atoms with Crippen LogP contribution < -0.4 is 20.3 Å². The highest BCUT2D eigenvalue weighted by Crippen LogP contribution is 2.41. The lowest BCUT2D eigenvalue weighted by Crippen LogP contribution is -2.08. The van der Waals surface area contributed by atoms with Gasteiger partial charge in [-0.05, 0) is 55.2 Å². The van der Waals surface area contributed by atoms with E-state index in [0.29, 0.717) is 24.0 Å². The molecule has 6 heteroatoms. The molecule has 0 bridgehead atoms. The van der Waals surface area contributed by atoms with Gasteiger partial charge in [-0.3, -0.25) is 9.78 Å². The number of methoxy groups -OCH3 is 1. The van der Waals surface area contributed by atoms with Crippen molar-refractivity contribution in [3.63, 3.8) is 0 Å². The van der Waals surface area contributed by atoms with E-state index in [4.69, 9.17) is 14.5 Å². The Balaban J connectivity index is 1.52. The lowest BCUT2D eigenvalue weighted by molar-refractivity contribution is 0.284. The van der Waals surface area contributed by atoms with Crippen LogP contribution in [0.4, 0.5) is 5.69 Å². The number of nitrogens with zero attached hydrogens (tertiary/aromatic N) is 1. The first kappa shape index (κ1) is 19.0. The highest BCUT2D eigenvalue weighted by atomic mass is 16.5. The number of rotatable bonds is 7. The van der Waals surface area contributed by atoms with Crippen molar-refractivity contribution in [3.8, 4) is 11.5 Å². The molecule has 0 saturated heterocycles. The molecule has 1 saturated carbocycles. The van der Waals surface area contributed by atoms with E-state index >= 15 is 0 Å². The summed E-state index contributed by atoms with van der Waals surface area (Å²) in [6.45, 7) is 3.65. The highest BCUT2D eigenvalue weighted by Gasteiger charge is 2.27. The Kier molecular flexibility index (Phi) is 4.85. The van der Waals surface area contributed by atoms with Crippen LogP contribution in [0, 0.1) is 11.8 Å². The van der Waals surface area contributed by atoms with Crippen molar-refractivity contribution in [2.45, 2.75) is 39.2 Å². The Morgan fingerprint density at radius 2 is 2.07 bits per heavy atom. The monoisotopic (exact) mass is 405 g/mol. The van der Waals surface area contributed by atoms with Crippen molar-refractivity contribution < 1.29 is 9.47 Å². The summed E-state index contributed by atoms with van der Waals surface area (Å²) >= 11 is 0. The second kappa shape index (κ2) is 7.67. The maximum atomic E-state index is 11.3. The summed E-state index contributed by atoms with van der Waals surface area (Å²) in [5, 5.41) is 4.83. The van der Waals surface area contributed by atoms with Gasteiger partial charge in [0.05, 0.1) is 12.6 Å². The fourth-order valence-electron chi connectivity index (χ4n) is 4.24. The zero-order valence-electron chi connectivity index (χ0n) is 17.5. The summed E-state index contributed by atoms with van der Waals surface area (Å²) in [6, 6.07) is 7.29. The minimum Gasteiger partial charge on any atom is -0.493 e. The number of aromatic amines is 1. The van der Waals surface area contributed by atoms with Crippen molar-refractivity contribution in [1.29, 1.82) is 0 Å². The van der Waals surface area contributed by atoms with Crippen LogP contribution >= 0.6 is 0 Å². The van der Waals surface area contributed by atoms with Crippen LogP contribution in [0.2, 0.25) is 0 Å². The predicted octanol–water partition coefficient (Wildman–Crippen LogP) is 4.07. The second-order valence-electron chi connectivity index (χ2n) is 8.62. The number of pyridine rings is 2. The molecule has 3 aromatic rings. The maximum absolute atomic E-state index is 11.3. The Morgan fingerprint density at radius 1 is 1.20 bits per heavy atom. The van der Waals surface area contributed by atoms with Crippen molar-refractivity contribution in [3.05, 3.63) is 57.6 Å². The van der Waals surface area contributed by atoms with Gasteiger partial charge < -0.3 is 19.8 Å². The van der Waals surface area contributed by atoms with Gasteiger partial charge in [-0.15, -0.1) is 0 Å². The summed E-state index contributed by atoms with van der Waals surface area (Å²) in [7, 11) is 1.66. The maximum Gasteiger partial charge on any atom is 0.247 e. The smallest absolute Gasteiger partial charge is 0.247 e. The van der Waals surface area contributed by atoms with E-state index in [-0.39, 0.29) is 5.56 Å². The van der Waals surface area contributed by atoms with Gasteiger partial charge in [0.15, 0.2) is 11.5 Å². The summed E-state index contributed by atoms with van der Waals surface area (Å²) < 4.78 is 11.7. The van der Waals surface area contributed by atoms with Crippen molar-refractivity contribution in [1.82, 2.24) is 9.97 Å². The fourth-order valence-corrected chi connectivity index (χ4v) is 4.24. The van der Waals surface area contributed by atoms with Gasteiger partial charge in [0.2, 0.25) is 5.56 Å². The van der Waals surface area contributed by atoms with E-state index in [9.17, 15) is 4.79 Å². The summed E-state index contributed by atoms with van der Waals surface area (Å²) in [4.78, 5) is 18.9. The quantitative estimate of drug-likeness (QED) is 0.620. The van der Waals surface area contributed by atoms with E-state index in [0.717, 1.165) is 41.8 Å². The van der Waals surface area contributed by atoms with Gasteiger partial charge in [0.25, 0.3) is 0 Å². The molecular formula is C24H27N3O3. The van der Waals surface area contributed by atoms with E-state index in [2.05, 4.69) is 17.2 Å².